The predicted octanol–water partition coefficient (Wildman–Crippen LogP) is 5.78. The fourth-order valence-electron chi connectivity index (χ4n) is 4.18. The van der Waals surface area contributed by atoms with Gasteiger partial charge in [-0.1, -0.05) is 48.0 Å². The summed E-state index contributed by atoms with van der Waals surface area (Å²) in [7, 11) is 0. The second-order valence-corrected chi connectivity index (χ2v) is 6.95. The summed E-state index contributed by atoms with van der Waals surface area (Å²) < 4.78 is 0. The SMILES string of the molecule is Cc1cc(C)c2c(c1)N[C@@H](c1ccccc1Cl)[C@@H]1CC=C[C@H]21. The lowest BCUT2D eigenvalue weighted by Crippen LogP contribution is -2.29. The van der Waals surface area contributed by atoms with Gasteiger partial charge in [0.25, 0.3) is 0 Å². The second kappa shape index (κ2) is 5.17. The molecule has 2 aromatic carbocycles. The van der Waals surface area contributed by atoms with Crippen LogP contribution < -0.4 is 5.32 Å². The molecular weight excluding hydrogens is 290 g/mol. The molecule has 0 aromatic heterocycles. The van der Waals surface area contributed by atoms with Crippen LogP contribution in [0.2, 0.25) is 5.02 Å². The van der Waals surface area contributed by atoms with Crippen LogP contribution in [0.3, 0.4) is 0 Å². The molecule has 1 aliphatic heterocycles. The number of benzene rings is 2. The molecule has 2 aliphatic rings. The predicted molar refractivity (Wildman–Crippen MR) is 93.7 cm³/mol. The van der Waals surface area contributed by atoms with Crippen LogP contribution in [0, 0.1) is 19.8 Å². The van der Waals surface area contributed by atoms with Crippen LogP contribution in [0.25, 0.3) is 0 Å². The van der Waals surface area contributed by atoms with E-state index in [1.54, 1.807) is 0 Å². The molecule has 1 N–H and O–H groups in total. The number of allylic oxidation sites excluding steroid dienone is 2. The lowest BCUT2D eigenvalue weighted by atomic mass is 9.75. The van der Waals surface area contributed by atoms with Crippen molar-refractivity contribution in [3.63, 3.8) is 0 Å². The first-order valence-corrected chi connectivity index (χ1v) is 8.31. The summed E-state index contributed by atoms with van der Waals surface area (Å²) in [6, 6.07) is 13.1. The third-order valence-electron chi connectivity index (χ3n) is 5.06. The summed E-state index contributed by atoms with van der Waals surface area (Å²) in [6.07, 6.45) is 5.83. The molecule has 4 rings (SSSR count). The molecule has 0 spiro atoms. The molecule has 22 heavy (non-hydrogen) atoms. The molecule has 0 radical (unpaired) electrons. The van der Waals surface area contributed by atoms with E-state index in [1.807, 2.05) is 12.1 Å². The van der Waals surface area contributed by atoms with E-state index >= 15 is 0 Å². The van der Waals surface area contributed by atoms with E-state index in [2.05, 4.69) is 55.6 Å². The Bertz CT molecular complexity index is 762. The van der Waals surface area contributed by atoms with Crippen molar-refractivity contribution in [1.82, 2.24) is 0 Å². The normalized spacial score (nSPS) is 25.5. The Balaban J connectivity index is 1.86. The number of hydrogen-bond donors (Lipinski definition) is 1. The first-order valence-electron chi connectivity index (χ1n) is 7.94. The summed E-state index contributed by atoms with van der Waals surface area (Å²) in [5.74, 6) is 1.05. The van der Waals surface area contributed by atoms with Gasteiger partial charge >= 0.3 is 0 Å². The van der Waals surface area contributed by atoms with Gasteiger partial charge in [0, 0.05) is 16.6 Å². The molecule has 2 heteroatoms. The largest absolute Gasteiger partial charge is 0.378 e. The van der Waals surface area contributed by atoms with Gasteiger partial charge in [-0.3, -0.25) is 0 Å². The summed E-state index contributed by atoms with van der Waals surface area (Å²) in [4.78, 5) is 0. The molecule has 1 aliphatic carbocycles. The van der Waals surface area contributed by atoms with E-state index in [4.69, 9.17) is 11.6 Å². The maximum atomic E-state index is 6.48. The van der Waals surface area contributed by atoms with Gasteiger partial charge in [0.1, 0.15) is 0 Å². The van der Waals surface area contributed by atoms with Gasteiger partial charge in [0.05, 0.1) is 6.04 Å². The van der Waals surface area contributed by atoms with Crippen LogP contribution in [0.5, 0.6) is 0 Å². The number of rotatable bonds is 1. The highest BCUT2D eigenvalue weighted by molar-refractivity contribution is 6.31. The number of aryl methyl sites for hydroxylation is 2. The van der Waals surface area contributed by atoms with Crippen molar-refractivity contribution in [1.29, 1.82) is 0 Å². The summed E-state index contributed by atoms with van der Waals surface area (Å²) in [6.45, 7) is 4.39. The van der Waals surface area contributed by atoms with E-state index in [-0.39, 0.29) is 6.04 Å². The Hall–Kier alpha value is -1.73. The summed E-state index contributed by atoms with van der Waals surface area (Å²) in [5.41, 5.74) is 6.65. The second-order valence-electron chi connectivity index (χ2n) is 6.54. The standard InChI is InChI=1S/C20H20ClN/c1-12-10-13(2)19-14-7-5-8-15(14)20(22-18(19)11-12)16-6-3-4-9-17(16)21/h3-7,9-11,14-15,20,22H,8H2,1-2H3/t14-,15+,20+/m0/s1. The van der Waals surface area contributed by atoms with Crippen LogP contribution in [0.4, 0.5) is 5.69 Å². The number of halogens is 1. The number of anilines is 1. The van der Waals surface area contributed by atoms with Crippen molar-refractivity contribution >= 4 is 17.3 Å². The maximum Gasteiger partial charge on any atom is 0.0568 e. The topological polar surface area (TPSA) is 12.0 Å². The first kappa shape index (κ1) is 13.9. The zero-order chi connectivity index (χ0) is 15.3. The molecule has 0 amide bonds. The molecule has 0 bridgehead atoms. The average Bonchev–Trinajstić information content (AvgIpc) is 2.95. The Labute approximate surface area is 137 Å². The lowest BCUT2D eigenvalue weighted by molar-refractivity contribution is 0.424. The van der Waals surface area contributed by atoms with Crippen molar-refractivity contribution in [2.45, 2.75) is 32.2 Å². The molecule has 1 nitrogen and oxygen atoms in total. The molecule has 0 fully saturated rings. The smallest absolute Gasteiger partial charge is 0.0568 e. The third kappa shape index (κ3) is 2.07. The van der Waals surface area contributed by atoms with E-state index in [0.717, 1.165) is 11.4 Å². The summed E-state index contributed by atoms with van der Waals surface area (Å²) >= 11 is 6.48. The van der Waals surface area contributed by atoms with Crippen molar-refractivity contribution < 1.29 is 0 Å². The van der Waals surface area contributed by atoms with Crippen molar-refractivity contribution in [3.8, 4) is 0 Å². The number of nitrogens with one attached hydrogen (secondary N) is 1. The Morgan fingerprint density at radius 2 is 1.95 bits per heavy atom. The Morgan fingerprint density at radius 3 is 2.77 bits per heavy atom. The lowest BCUT2D eigenvalue weighted by Gasteiger charge is -2.39. The van der Waals surface area contributed by atoms with Gasteiger partial charge in [-0.05, 0) is 60.6 Å². The monoisotopic (exact) mass is 309 g/mol. The van der Waals surface area contributed by atoms with Gasteiger partial charge in [-0.15, -0.1) is 0 Å². The van der Waals surface area contributed by atoms with Crippen molar-refractivity contribution in [2.24, 2.45) is 5.92 Å². The number of fused-ring (bicyclic) bond motifs is 3. The van der Waals surface area contributed by atoms with Crippen LogP contribution in [0.15, 0.2) is 48.6 Å². The van der Waals surface area contributed by atoms with Crippen molar-refractivity contribution in [2.75, 3.05) is 5.32 Å². The highest BCUT2D eigenvalue weighted by Gasteiger charge is 2.39. The average molecular weight is 310 g/mol. The molecule has 112 valence electrons. The van der Waals surface area contributed by atoms with Gasteiger partial charge < -0.3 is 5.32 Å². The third-order valence-corrected chi connectivity index (χ3v) is 5.40. The van der Waals surface area contributed by atoms with E-state index in [9.17, 15) is 0 Å². The van der Waals surface area contributed by atoms with Crippen LogP contribution in [0.1, 0.15) is 40.6 Å². The minimum atomic E-state index is 0.280. The van der Waals surface area contributed by atoms with Gasteiger partial charge in [-0.25, -0.2) is 0 Å². The fourth-order valence-corrected chi connectivity index (χ4v) is 4.43. The molecule has 1 heterocycles. The van der Waals surface area contributed by atoms with Crippen molar-refractivity contribution in [3.05, 3.63) is 75.8 Å². The zero-order valence-corrected chi connectivity index (χ0v) is 13.7. The summed E-state index contributed by atoms with van der Waals surface area (Å²) in [5, 5.41) is 4.64. The van der Waals surface area contributed by atoms with Crippen LogP contribution in [-0.4, -0.2) is 0 Å². The highest BCUT2D eigenvalue weighted by Crippen LogP contribution is 2.51. The quantitative estimate of drug-likeness (QED) is 0.658. The van der Waals surface area contributed by atoms with E-state index < -0.39 is 0 Å². The van der Waals surface area contributed by atoms with E-state index in [0.29, 0.717) is 11.8 Å². The Morgan fingerprint density at radius 1 is 1.14 bits per heavy atom. The van der Waals surface area contributed by atoms with Gasteiger partial charge in [0.2, 0.25) is 0 Å². The minimum Gasteiger partial charge on any atom is -0.378 e. The minimum absolute atomic E-state index is 0.280. The van der Waals surface area contributed by atoms with Crippen LogP contribution >= 0.6 is 11.6 Å². The molecule has 0 unspecified atom stereocenters. The molecule has 0 saturated carbocycles. The molecule has 3 atom stereocenters. The number of hydrogen-bond acceptors (Lipinski definition) is 1. The zero-order valence-electron chi connectivity index (χ0n) is 12.9. The van der Waals surface area contributed by atoms with Crippen LogP contribution in [-0.2, 0) is 0 Å². The van der Waals surface area contributed by atoms with E-state index in [1.165, 1.54) is 27.9 Å². The fraction of sp³-hybridized carbons (Fsp3) is 0.300. The molecule has 2 aromatic rings. The Kier molecular flexibility index (Phi) is 3.27. The first-order chi connectivity index (χ1) is 10.6. The highest BCUT2D eigenvalue weighted by atomic mass is 35.5. The molecular formula is C20H20ClN. The van der Waals surface area contributed by atoms with Gasteiger partial charge in [-0.2, -0.15) is 0 Å². The van der Waals surface area contributed by atoms with Gasteiger partial charge in [0.15, 0.2) is 0 Å². The molecule has 0 saturated heterocycles. The maximum absolute atomic E-state index is 6.48.